The summed E-state index contributed by atoms with van der Waals surface area (Å²) in [5.41, 5.74) is 1.13. The lowest BCUT2D eigenvalue weighted by molar-refractivity contribution is 0.415. The maximum atomic E-state index is 6.10. The van der Waals surface area contributed by atoms with Gasteiger partial charge >= 0.3 is 0 Å². The van der Waals surface area contributed by atoms with Crippen LogP contribution in [-0.4, -0.2) is 34.3 Å². The maximum Gasteiger partial charge on any atom is 0.137 e. The molecule has 1 rings (SSSR count). The van der Waals surface area contributed by atoms with Gasteiger partial charge in [-0.25, -0.2) is 0 Å². The Morgan fingerprint density at radius 1 is 1.35 bits per heavy atom. The van der Waals surface area contributed by atoms with Gasteiger partial charge in [-0.3, -0.25) is 0 Å². The minimum atomic E-state index is 0.659. The topological polar surface area (TPSA) is 24.5 Å². The van der Waals surface area contributed by atoms with Gasteiger partial charge in [0.2, 0.25) is 0 Å². The molecule has 0 atom stereocenters. The van der Waals surface area contributed by atoms with Crippen LogP contribution in [0.5, 0.6) is 5.75 Å². The lowest BCUT2D eigenvalue weighted by atomic mass is 10.2. The smallest absolute Gasteiger partial charge is 0.137 e. The zero-order valence-electron chi connectivity index (χ0n) is 10.8. The number of benzene rings is 1. The largest absolute Gasteiger partial charge is 0.495 e. The number of anilines is 1. The van der Waals surface area contributed by atoms with Crippen molar-refractivity contribution in [2.45, 2.75) is 12.8 Å². The van der Waals surface area contributed by atoms with Gasteiger partial charge in [-0.2, -0.15) is 0 Å². The van der Waals surface area contributed by atoms with E-state index in [1.54, 1.807) is 7.11 Å². The Hall–Kier alpha value is -0.930. The summed E-state index contributed by atoms with van der Waals surface area (Å²) < 4.78 is 5.13. The molecular formula is C13H21ClN2O. The highest BCUT2D eigenvalue weighted by atomic mass is 35.5. The molecule has 4 heteroatoms. The molecule has 0 bridgehead atoms. The van der Waals surface area contributed by atoms with Gasteiger partial charge in [0.25, 0.3) is 0 Å². The van der Waals surface area contributed by atoms with Crippen LogP contribution in [0.1, 0.15) is 12.8 Å². The second-order valence-corrected chi connectivity index (χ2v) is 4.46. The number of unbranched alkanes of at least 4 members (excludes halogenated alkanes) is 1. The van der Waals surface area contributed by atoms with Gasteiger partial charge in [0.1, 0.15) is 5.75 Å². The van der Waals surface area contributed by atoms with Crippen LogP contribution in [-0.2, 0) is 0 Å². The Morgan fingerprint density at radius 3 is 2.71 bits per heavy atom. The normalized spacial score (nSPS) is 10.4. The second kappa shape index (κ2) is 7.41. The molecule has 0 aliphatic heterocycles. The average molecular weight is 257 g/mol. The highest BCUT2D eigenvalue weighted by molar-refractivity contribution is 6.32. The minimum absolute atomic E-state index is 0.659. The number of nitrogens with one attached hydrogen (secondary N) is 1. The molecule has 0 fully saturated rings. The number of rotatable bonds is 7. The number of halogens is 1. The van der Waals surface area contributed by atoms with E-state index in [2.05, 4.69) is 17.3 Å². The van der Waals surface area contributed by atoms with E-state index >= 15 is 0 Å². The zero-order valence-corrected chi connectivity index (χ0v) is 11.5. The molecule has 0 saturated carbocycles. The van der Waals surface area contributed by atoms with E-state index in [1.807, 2.05) is 25.2 Å². The first kappa shape index (κ1) is 14.1. The van der Waals surface area contributed by atoms with Gasteiger partial charge < -0.3 is 15.0 Å². The molecule has 1 aromatic rings. The summed E-state index contributed by atoms with van der Waals surface area (Å²) in [5.74, 6) is 0.721. The van der Waals surface area contributed by atoms with E-state index in [1.165, 1.54) is 12.8 Å². The third-order valence-electron chi connectivity index (χ3n) is 2.75. The molecule has 0 unspecified atom stereocenters. The summed E-state index contributed by atoms with van der Waals surface area (Å²) >= 11 is 6.10. The Balaban J connectivity index is 2.51. The van der Waals surface area contributed by atoms with E-state index in [0.29, 0.717) is 5.02 Å². The van der Waals surface area contributed by atoms with Crippen LogP contribution in [0.15, 0.2) is 18.2 Å². The standard InChI is InChI=1S/C13H21ClN2O/c1-15-8-4-5-9-16(2)11-6-7-13(17-3)12(14)10-11/h6-7,10,15H,4-5,8-9H2,1-3H3. The first-order valence-corrected chi connectivity index (χ1v) is 6.26. The van der Waals surface area contributed by atoms with Crippen LogP contribution in [0, 0.1) is 0 Å². The molecule has 1 N–H and O–H groups in total. The van der Waals surface area contributed by atoms with Crippen LogP contribution in [0.4, 0.5) is 5.69 Å². The van der Waals surface area contributed by atoms with E-state index in [9.17, 15) is 0 Å². The van der Waals surface area contributed by atoms with Gasteiger partial charge in [-0.15, -0.1) is 0 Å². The number of nitrogens with zero attached hydrogens (tertiary/aromatic N) is 1. The Kier molecular flexibility index (Phi) is 6.16. The summed E-state index contributed by atoms with van der Waals surface area (Å²) in [6.07, 6.45) is 2.35. The highest BCUT2D eigenvalue weighted by Crippen LogP contribution is 2.28. The second-order valence-electron chi connectivity index (χ2n) is 4.05. The molecule has 0 heterocycles. The molecule has 0 aromatic heterocycles. The summed E-state index contributed by atoms with van der Waals surface area (Å²) in [6.45, 7) is 2.10. The average Bonchev–Trinajstić information content (AvgIpc) is 2.34. The van der Waals surface area contributed by atoms with Crippen molar-refractivity contribution in [1.82, 2.24) is 5.32 Å². The van der Waals surface area contributed by atoms with Gasteiger partial charge in [-0.05, 0) is 44.6 Å². The SMILES string of the molecule is CNCCCCN(C)c1ccc(OC)c(Cl)c1. The summed E-state index contributed by atoms with van der Waals surface area (Å²) in [6, 6.07) is 5.88. The van der Waals surface area contributed by atoms with E-state index < -0.39 is 0 Å². The Morgan fingerprint density at radius 2 is 2.12 bits per heavy atom. The minimum Gasteiger partial charge on any atom is -0.495 e. The molecule has 0 saturated heterocycles. The summed E-state index contributed by atoms with van der Waals surface area (Å²) in [4.78, 5) is 2.21. The number of methoxy groups -OCH3 is 1. The zero-order chi connectivity index (χ0) is 12.7. The summed E-state index contributed by atoms with van der Waals surface area (Å²) in [7, 11) is 5.69. The van der Waals surface area contributed by atoms with Crippen molar-refractivity contribution in [1.29, 1.82) is 0 Å². The van der Waals surface area contributed by atoms with Crippen molar-refractivity contribution in [3.05, 3.63) is 23.2 Å². The molecule has 3 nitrogen and oxygen atoms in total. The van der Waals surface area contributed by atoms with Crippen molar-refractivity contribution in [3.8, 4) is 5.75 Å². The quantitative estimate of drug-likeness (QED) is 0.760. The molecule has 1 aromatic carbocycles. The van der Waals surface area contributed by atoms with Gasteiger partial charge in [0, 0.05) is 19.3 Å². The van der Waals surface area contributed by atoms with Gasteiger partial charge in [0.15, 0.2) is 0 Å². The van der Waals surface area contributed by atoms with Crippen molar-refractivity contribution in [2.24, 2.45) is 0 Å². The van der Waals surface area contributed by atoms with Crippen LogP contribution in [0.25, 0.3) is 0 Å². The fourth-order valence-corrected chi connectivity index (χ4v) is 1.92. The molecule has 96 valence electrons. The van der Waals surface area contributed by atoms with Crippen molar-refractivity contribution < 1.29 is 4.74 Å². The molecule has 0 radical (unpaired) electrons. The van der Waals surface area contributed by atoms with Crippen molar-refractivity contribution in [3.63, 3.8) is 0 Å². The number of hydrogen-bond donors (Lipinski definition) is 1. The lowest BCUT2D eigenvalue weighted by Gasteiger charge is -2.20. The first-order chi connectivity index (χ1) is 8.19. The third kappa shape index (κ3) is 4.44. The predicted molar refractivity (Wildman–Crippen MR) is 74.4 cm³/mol. The fourth-order valence-electron chi connectivity index (χ4n) is 1.67. The first-order valence-electron chi connectivity index (χ1n) is 5.88. The van der Waals surface area contributed by atoms with Gasteiger partial charge in [0.05, 0.1) is 12.1 Å². The maximum absolute atomic E-state index is 6.10. The number of hydrogen-bond acceptors (Lipinski definition) is 3. The molecule has 0 aliphatic rings. The Bertz CT molecular complexity index is 344. The number of ether oxygens (including phenoxy) is 1. The predicted octanol–water partition coefficient (Wildman–Crippen LogP) is 2.78. The van der Waals surface area contributed by atoms with Crippen LogP contribution >= 0.6 is 11.6 Å². The highest BCUT2D eigenvalue weighted by Gasteiger charge is 2.05. The lowest BCUT2D eigenvalue weighted by Crippen LogP contribution is -2.19. The Labute approximate surface area is 109 Å². The monoisotopic (exact) mass is 256 g/mol. The molecule has 0 spiro atoms. The molecule has 0 aliphatic carbocycles. The van der Waals surface area contributed by atoms with Gasteiger partial charge in [-0.1, -0.05) is 11.6 Å². The van der Waals surface area contributed by atoms with E-state index in [0.717, 1.165) is 24.5 Å². The fraction of sp³-hybridized carbons (Fsp3) is 0.538. The van der Waals surface area contributed by atoms with E-state index in [-0.39, 0.29) is 0 Å². The third-order valence-corrected chi connectivity index (χ3v) is 3.04. The molecule has 17 heavy (non-hydrogen) atoms. The van der Waals surface area contributed by atoms with E-state index in [4.69, 9.17) is 16.3 Å². The molecule has 0 amide bonds. The van der Waals surface area contributed by atoms with Crippen LogP contribution < -0.4 is 15.0 Å². The van der Waals surface area contributed by atoms with Crippen molar-refractivity contribution in [2.75, 3.05) is 39.2 Å². The van der Waals surface area contributed by atoms with Crippen LogP contribution in [0.3, 0.4) is 0 Å². The summed E-state index contributed by atoms with van der Waals surface area (Å²) in [5, 5.41) is 3.81. The van der Waals surface area contributed by atoms with Crippen molar-refractivity contribution >= 4 is 17.3 Å². The molecular weight excluding hydrogens is 236 g/mol. The van der Waals surface area contributed by atoms with Crippen LogP contribution in [0.2, 0.25) is 5.02 Å².